The summed E-state index contributed by atoms with van der Waals surface area (Å²) in [4.78, 5) is 23.1. The number of hydrogen-bond donors (Lipinski definition) is 1. The van der Waals surface area contributed by atoms with E-state index in [0.717, 1.165) is 11.8 Å². The number of halogens is 1. The Morgan fingerprint density at radius 3 is 2.12 bits per heavy atom. The van der Waals surface area contributed by atoms with Gasteiger partial charge in [-0.15, -0.1) is 0 Å². The van der Waals surface area contributed by atoms with Gasteiger partial charge in [0.25, 0.3) is 11.1 Å². The van der Waals surface area contributed by atoms with E-state index in [1.807, 2.05) is 0 Å². The first kappa shape index (κ1) is 16.6. The molecule has 0 unspecified atom stereocenters. The summed E-state index contributed by atoms with van der Waals surface area (Å²) in [5.41, 5.74) is 3.46. The fourth-order valence-electron chi connectivity index (χ4n) is 2.18. The topological polar surface area (TPSA) is 55.4 Å². The molecule has 0 radical (unpaired) electrons. The summed E-state index contributed by atoms with van der Waals surface area (Å²) in [6.45, 7) is 2.18. The van der Waals surface area contributed by atoms with Gasteiger partial charge in [0.1, 0.15) is 10.7 Å². The first-order valence-electron chi connectivity index (χ1n) is 7.35. The molecule has 2 aliphatic carbocycles. The summed E-state index contributed by atoms with van der Waals surface area (Å²) in [6.07, 6.45) is 0. The van der Waals surface area contributed by atoms with Gasteiger partial charge in [-0.2, -0.15) is 0 Å². The van der Waals surface area contributed by atoms with E-state index < -0.39 is 11.1 Å². The lowest BCUT2D eigenvalue weighted by Gasteiger charge is -2.11. The molecule has 6 heteroatoms. The molecular formula is C18H14ClNO3S. The molecule has 24 heavy (non-hydrogen) atoms. The number of nitrogens with one attached hydrogen (secondary N) is 1. The minimum absolute atomic E-state index is 0.245. The highest BCUT2D eigenvalue weighted by molar-refractivity contribution is 8.18. The Labute approximate surface area is 148 Å². The maximum absolute atomic E-state index is 11.7. The van der Waals surface area contributed by atoms with Crippen LogP contribution in [0.25, 0.3) is 16.9 Å². The highest BCUT2D eigenvalue weighted by Crippen LogP contribution is 2.35. The van der Waals surface area contributed by atoms with Gasteiger partial charge in [0, 0.05) is 5.56 Å². The van der Waals surface area contributed by atoms with Crippen LogP contribution in [0.15, 0.2) is 53.4 Å². The first-order chi connectivity index (χ1) is 11.6. The number of carbonyl (C=O) groups is 2. The molecule has 0 aromatic heterocycles. The molecule has 1 saturated heterocycles. The third-order valence-electron chi connectivity index (χ3n) is 3.45. The second-order valence-corrected chi connectivity index (χ2v) is 6.38. The van der Waals surface area contributed by atoms with Gasteiger partial charge in [0.15, 0.2) is 0 Å². The summed E-state index contributed by atoms with van der Waals surface area (Å²) < 4.78 is 5.47. The number of rotatable bonds is 3. The highest BCUT2D eigenvalue weighted by atomic mass is 35.5. The van der Waals surface area contributed by atoms with Crippen LogP contribution in [0, 0.1) is 0 Å². The molecule has 1 fully saturated rings. The number of amides is 2. The van der Waals surface area contributed by atoms with Crippen molar-refractivity contribution in [3.05, 3.63) is 64.0 Å². The summed E-state index contributed by atoms with van der Waals surface area (Å²) in [5, 5.41) is 2.27. The quantitative estimate of drug-likeness (QED) is 0.544. The van der Waals surface area contributed by atoms with Crippen molar-refractivity contribution in [2.45, 2.75) is 6.92 Å². The number of fused-ring (bicyclic) bond motifs is 1. The first-order valence-corrected chi connectivity index (χ1v) is 8.55. The van der Waals surface area contributed by atoms with Crippen LogP contribution >= 0.6 is 23.4 Å². The number of imide groups is 1. The van der Waals surface area contributed by atoms with Crippen LogP contribution in [0.5, 0.6) is 0 Å². The van der Waals surface area contributed by atoms with E-state index in [0.29, 0.717) is 23.0 Å². The SMILES string of the molecule is CCOC(=C1SC(=O)NC1=O)c1ccccc1Cl.c1cc2ccc1-2. The number of carbonyl (C=O) groups excluding carboxylic acids is 2. The molecule has 4 nitrogen and oxygen atoms in total. The lowest BCUT2D eigenvalue weighted by molar-refractivity contribution is -0.115. The van der Waals surface area contributed by atoms with Crippen molar-refractivity contribution < 1.29 is 14.3 Å². The van der Waals surface area contributed by atoms with Gasteiger partial charge in [0.05, 0.1) is 11.6 Å². The molecule has 1 aromatic rings. The van der Waals surface area contributed by atoms with Crippen LogP contribution in [-0.4, -0.2) is 17.8 Å². The van der Waals surface area contributed by atoms with Gasteiger partial charge in [-0.05, 0) is 41.9 Å². The van der Waals surface area contributed by atoms with Gasteiger partial charge in [0.2, 0.25) is 0 Å². The predicted molar refractivity (Wildman–Crippen MR) is 96.6 cm³/mol. The molecule has 0 saturated carbocycles. The summed E-state index contributed by atoms with van der Waals surface area (Å²) in [7, 11) is 0. The summed E-state index contributed by atoms with van der Waals surface area (Å²) in [5.74, 6) is -0.107. The van der Waals surface area contributed by atoms with E-state index in [4.69, 9.17) is 16.3 Å². The van der Waals surface area contributed by atoms with Crippen molar-refractivity contribution >= 4 is 40.3 Å². The van der Waals surface area contributed by atoms with Gasteiger partial charge in [-0.1, -0.05) is 48.0 Å². The standard InChI is InChI=1S/C12H10ClNO3S.C6H4/c1-2-17-9(7-5-3-4-6-8(7)13)10-11(15)14-12(16)18-10;1-2-6-4-3-5(1)6/h3-6H,2H2,1H3,(H,14,15,16);1-4H. The minimum Gasteiger partial charge on any atom is -0.492 e. The zero-order valence-electron chi connectivity index (χ0n) is 12.8. The number of benzene rings is 2. The maximum Gasteiger partial charge on any atom is 0.291 e. The van der Waals surface area contributed by atoms with Crippen molar-refractivity contribution in [2.75, 3.05) is 6.61 Å². The van der Waals surface area contributed by atoms with Crippen molar-refractivity contribution in [1.82, 2.24) is 5.32 Å². The zero-order chi connectivity index (χ0) is 17.1. The van der Waals surface area contributed by atoms with Crippen molar-refractivity contribution in [2.24, 2.45) is 0 Å². The second kappa shape index (κ2) is 7.11. The fraction of sp³-hybridized carbons (Fsp3) is 0.111. The minimum atomic E-state index is -0.451. The monoisotopic (exact) mass is 359 g/mol. The number of ether oxygens (including phenoxy) is 1. The largest absolute Gasteiger partial charge is 0.492 e. The van der Waals surface area contributed by atoms with Gasteiger partial charge >= 0.3 is 0 Å². The van der Waals surface area contributed by atoms with E-state index >= 15 is 0 Å². The summed E-state index contributed by atoms with van der Waals surface area (Å²) >= 11 is 6.90. The van der Waals surface area contributed by atoms with Crippen molar-refractivity contribution in [3.63, 3.8) is 0 Å². The molecule has 3 aliphatic rings. The normalized spacial score (nSPS) is 16.1. The second-order valence-electron chi connectivity index (χ2n) is 4.99. The van der Waals surface area contributed by atoms with E-state index in [-0.39, 0.29) is 4.91 Å². The lowest BCUT2D eigenvalue weighted by Crippen LogP contribution is -2.18. The maximum atomic E-state index is 11.7. The van der Waals surface area contributed by atoms with E-state index in [1.165, 1.54) is 11.1 Å². The average molecular weight is 360 g/mol. The fourth-order valence-corrected chi connectivity index (χ4v) is 3.14. The molecule has 122 valence electrons. The molecule has 4 rings (SSSR count). The van der Waals surface area contributed by atoms with Crippen LogP contribution in [0.2, 0.25) is 5.02 Å². The van der Waals surface area contributed by atoms with Crippen LogP contribution in [0.3, 0.4) is 0 Å². The molecule has 1 aliphatic heterocycles. The van der Waals surface area contributed by atoms with Gasteiger partial charge in [-0.3, -0.25) is 14.9 Å². The zero-order valence-corrected chi connectivity index (χ0v) is 14.4. The Kier molecular flexibility index (Phi) is 4.92. The lowest BCUT2D eigenvalue weighted by atomic mass is 9.95. The Morgan fingerprint density at radius 1 is 1.08 bits per heavy atom. The highest BCUT2D eigenvalue weighted by Gasteiger charge is 2.30. The van der Waals surface area contributed by atoms with Gasteiger partial charge < -0.3 is 4.74 Å². The number of hydrogen-bond acceptors (Lipinski definition) is 4. The number of thioether (sulfide) groups is 1. The molecule has 1 aromatic carbocycles. The Morgan fingerprint density at radius 2 is 1.71 bits per heavy atom. The molecule has 1 heterocycles. The molecule has 1 N–H and O–H groups in total. The molecule has 0 atom stereocenters. The average Bonchev–Trinajstić information content (AvgIpc) is 2.88. The van der Waals surface area contributed by atoms with Crippen molar-refractivity contribution in [3.8, 4) is 11.1 Å². The van der Waals surface area contributed by atoms with E-state index in [9.17, 15) is 9.59 Å². The van der Waals surface area contributed by atoms with Crippen LogP contribution in [0.4, 0.5) is 4.79 Å². The third-order valence-corrected chi connectivity index (χ3v) is 4.64. The Bertz CT molecular complexity index is 809. The van der Waals surface area contributed by atoms with Crippen LogP contribution in [0.1, 0.15) is 12.5 Å². The molecule has 0 spiro atoms. The predicted octanol–water partition coefficient (Wildman–Crippen LogP) is 4.70. The molecular weight excluding hydrogens is 346 g/mol. The molecule has 0 bridgehead atoms. The van der Waals surface area contributed by atoms with Crippen molar-refractivity contribution in [1.29, 1.82) is 0 Å². The van der Waals surface area contributed by atoms with Crippen LogP contribution < -0.4 is 5.32 Å². The smallest absolute Gasteiger partial charge is 0.291 e. The van der Waals surface area contributed by atoms with Gasteiger partial charge in [-0.25, -0.2) is 0 Å². The van der Waals surface area contributed by atoms with E-state index in [2.05, 4.69) is 29.6 Å². The molecule has 2 amide bonds. The summed E-state index contributed by atoms with van der Waals surface area (Å²) in [6, 6.07) is 15.5. The van der Waals surface area contributed by atoms with Crippen LogP contribution in [-0.2, 0) is 9.53 Å². The Hall–Kier alpha value is -2.24. The van der Waals surface area contributed by atoms with E-state index in [1.54, 1.807) is 31.2 Å². The Balaban J connectivity index is 0.000000231. The third kappa shape index (κ3) is 3.32.